The molecule has 9 aromatic rings. The lowest BCUT2D eigenvalue weighted by Crippen LogP contribution is -2.28. The molecule has 0 spiro atoms. The van der Waals surface area contributed by atoms with Crippen molar-refractivity contribution >= 4 is 33.1 Å². The van der Waals surface area contributed by atoms with E-state index in [-0.39, 0.29) is 32.5 Å². The lowest BCUT2D eigenvalue weighted by atomic mass is 9.79. The average molecular weight is 1010 g/mol. The van der Waals surface area contributed by atoms with Crippen molar-refractivity contribution in [2.75, 3.05) is 0 Å². The topological polar surface area (TPSA) is 56.7 Å². The molecule has 3 aromatic heterocycles. The van der Waals surface area contributed by atoms with Crippen molar-refractivity contribution in [1.29, 1.82) is 0 Å². The molecule has 0 atom stereocenters. The summed E-state index contributed by atoms with van der Waals surface area (Å²) in [5.74, 6) is 2.98. The van der Waals surface area contributed by atoms with Gasteiger partial charge in [-0.25, -0.2) is 15.0 Å². The standard InChI is InChI=1S/C69H85N7/c1-64(2,3)49-31-46(32-50(37-49)65(4,5)6)40-74-58-28-22-19-25-55(58)70-61(74)43-73(44-62-71-56-26-20-23-29-59(56)75(62)41-47-33-51(66(7,8)9)38-52(34-47)67(10,11)12)45-63-72-57-27-21-24-30-60(57)76(63)42-48-35-53(68(13,14)15)39-54(36-48)69(16,17)18/h19-23,25-29,31-39H,40-45H2,1-18H3. The molecular weight excluding hydrogens is 927 g/mol. The number of imidazole rings is 3. The summed E-state index contributed by atoms with van der Waals surface area (Å²) in [6.45, 7) is 45.4. The summed E-state index contributed by atoms with van der Waals surface area (Å²) in [7, 11) is 0. The monoisotopic (exact) mass is 1010 g/mol. The number of rotatable bonds is 12. The fraction of sp³-hybridized carbons (Fsp3) is 0.435. The third-order valence-corrected chi connectivity index (χ3v) is 15.3. The molecule has 0 aliphatic heterocycles. The third-order valence-electron chi connectivity index (χ3n) is 15.3. The van der Waals surface area contributed by atoms with Crippen LogP contribution in [-0.4, -0.2) is 33.6 Å². The van der Waals surface area contributed by atoms with Gasteiger partial charge in [0.25, 0.3) is 0 Å². The summed E-state index contributed by atoms with van der Waals surface area (Å²) < 4.78 is 7.31. The Morgan fingerprint density at radius 3 is 1.01 bits per heavy atom. The Kier molecular flexibility index (Phi) is 14.2. The van der Waals surface area contributed by atoms with Crippen molar-refractivity contribution in [3.63, 3.8) is 0 Å². The van der Waals surface area contributed by atoms with Gasteiger partial charge in [-0.3, -0.25) is 4.90 Å². The van der Waals surface area contributed by atoms with Gasteiger partial charge in [-0.2, -0.15) is 0 Å². The summed E-state index contributed by atoms with van der Waals surface area (Å²) in [4.78, 5) is 19.1. The molecule has 0 bridgehead atoms. The minimum atomic E-state index is -0.0196. The average Bonchev–Trinajstić information content (AvgIpc) is 3.97. The van der Waals surface area contributed by atoms with E-state index in [9.17, 15) is 0 Å². The van der Waals surface area contributed by atoms with Gasteiger partial charge in [-0.15, -0.1) is 0 Å². The first-order valence-corrected chi connectivity index (χ1v) is 27.7. The first-order chi connectivity index (χ1) is 35.4. The van der Waals surface area contributed by atoms with Crippen LogP contribution >= 0.6 is 0 Å². The van der Waals surface area contributed by atoms with E-state index in [1.807, 2.05) is 6.07 Å². The van der Waals surface area contributed by atoms with Crippen LogP contribution in [0.25, 0.3) is 33.1 Å². The summed E-state index contributed by atoms with van der Waals surface area (Å²) >= 11 is 0. The van der Waals surface area contributed by atoms with E-state index in [0.29, 0.717) is 39.3 Å². The summed E-state index contributed by atoms with van der Waals surface area (Å²) in [6.07, 6.45) is 0. The Hall–Kier alpha value is -6.49. The van der Waals surface area contributed by atoms with Gasteiger partial charge in [-0.05, 0) is 125 Å². The van der Waals surface area contributed by atoms with Crippen LogP contribution in [0.2, 0.25) is 0 Å². The molecule has 396 valence electrons. The molecule has 0 radical (unpaired) electrons. The number of aromatic nitrogens is 6. The Balaban J connectivity index is 1.21. The number of nitrogens with zero attached hydrogens (tertiary/aromatic N) is 7. The summed E-state index contributed by atoms with van der Waals surface area (Å²) in [6, 6.07) is 49.8. The van der Waals surface area contributed by atoms with Crippen molar-refractivity contribution in [1.82, 2.24) is 33.6 Å². The maximum atomic E-state index is 5.53. The predicted octanol–water partition coefficient (Wildman–Crippen LogP) is 16.5. The van der Waals surface area contributed by atoms with Crippen molar-refractivity contribution in [2.24, 2.45) is 0 Å². The van der Waals surface area contributed by atoms with Crippen LogP contribution in [-0.2, 0) is 71.8 Å². The minimum Gasteiger partial charge on any atom is -0.322 e. The van der Waals surface area contributed by atoms with Gasteiger partial charge in [-0.1, -0.05) is 210 Å². The first kappa shape index (κ1) is 54.3. The highest BCUT2D eigenvalue weighted by Crippen LogP contribution is 2.36. The van der Waals surface area contributed by atoms with Crippen molar-refractivity contribution in [3.8, 4) is 0 Å². The van der Waals surface area contributed by atoms with E-state index < -0.39 is 0 Å². The predicted molar refractivity (Wildman–Crippen MR) is 319 cm³/mol. The second kappa shape index (κ2) is 19.8. The van der Waals surface area contributed by atoms with Gasteiger partial charge in [0, 0.05) is 13.1 Å². The number of benzene rings is 5. The Morgan fingerprint density at radius 1 is 0.368 bits per heavy atom. The van der Waals surface area contributed by atoms with Crippen LogP contribution in [0.3, 0.4) is 0 Å². The van der Waals surface area contributed by atoms with E-state index in [4.69, 9.17) is 15.0 Å². The smallest absolute Gasteiger partial charge is 0.124 e. The molecule has 0 amide bonds. The van der Waals surface area contributed by atoms with Crippen LogP contribution in [0.15, 0.2) is 115 Å². The van der Waals surface area contributed by atoms with E-state index in [2.05, 4.69) is 265 Å². The van der Waals surface area contributed by atoms with Gasteiger partial charge in [0.2, 0.25) is 0 Å². The normalized spacial score (nSPS) is 13.2. The van der Waals surface area contributed by atoms with Crippen molar-refractivity contribution in [3.05, 3.63) is 195 Å². The van der Waals surface area contributed by atoms with Gasteiger partial charge >= 0.3 is 0 Å². The fourth-order valence-corrected chi connectivity index (χ4v) is 10.4. The molecule has 3 heterocycles. The number of para-hydroxylation sites is 4. The number of hydrogen-bond acceptors (Lipinski definition) is 4. The molecule has 9 rings (SSSR count). The quantitative estimate of drug-likeness (QED) is 0.122. The molecule has 7 heteroatoms. The summed E-state index contributed by atoms with van der Waals surface area (Å²) in [5.41, 5.74) is 17.9. The molecule has 0 N–H and O–H groups in total. The fourth-order valence-electron chi connectivity index (χ4n) is 10.4. The maximum absolute atomic E-state index is 5.53. The molecule has 7 nitrogen and oxygen atoms in total. The van der Waals surface area contributed by atoms with Gasteiger partial charge in [0.05, 0.1) is 53.8 Å². The van der Waals surface area contributed by atoms with Crippen LogP contribution in [0.4, 0.5) is 0 Å². The highest BCUT2D eigenvalue weighted by molar-refractivity contribution is 5.77. The van der Waals surface area contributed by atoms with E-state index in [1.165, 1.54) is 50.1 Å². The molecule has 0 aliphatic rings. The van der Waals surface area contributed by atoms with Crippen LogP contribution < -0.4 is 0 Å². The van der Waals surface area contributed by atoms with Gasteiger partial charge in [0.1, 0.15) is 23.0 Å². The molecule has 0 saturated carbocycles. The summed E-state index contributed by atoms with van der Waals surface area (Å²) in [5, 5.41) is 0. The van der Waals surface area contributed by atoms with Crippen LogP contribution in [0.1, 0.15) is 192 Å². The molecule has 0 fully saturated rings. The zero-order chi connectivity index (χ0) is 54.9. The van der Waals surface area contributed by atoms with Gasteiger partial charge < -0.3 is 13.7 Å². The number of fused-ring (bicyclic) bond motifs is 3. The molecule has 0 saturated heterocycles. The zero-order valence-electron chi connectivity index (χ0n) is 49.3. The lowest BCUT2D eigenvalue weighted by molar-refractivity contribution is 0.222. The van der Waals surface area contributed by atoms with Crippen molar-refractivity contribution < 1.29 is 0 Å². The molecule has 6 aromatic carbocycles. The minimum absolute atomic E-state index is 0.0104. The third kappa shape index (κ3) is 11.9. The van der Waals surface area contributed by atoms with Crippen molar-refractivity contribution in [2.45, 2.75) is 196 Å². The second-order valence-corrected chi connectivity index (χ2v) is 28.1. The maximum Gasteiger partial charge on any atom is 0.124 e. The van der Waals surface area contributed by atoms with E-state index in [1.54, 1.807) is 0 Å². The Labute approximate surface area is 455 Å². The largest absolute Gasteiger partial charge is 0.322 e. The number of hydrogen-bond donors (Lipinski definition) is 0. The second-order valence-electron chi connectivity index (χ2n) is 28.1. The molecule has 76 heavy (non-hydrogen) atoms. The van der Waals surface area contributed by atoms with Crippen LogP contribution in [0.5, 0.6) is 0 Å². The molecular formula is C69H85N7. The highest BCUT2D eigenvalue weighted by Gasteiger charge is 2.27. The first-order valence-electron chi connectivity index (χ1n) is 27.7. The molecule has 0 unspecified atom stereocenters. The Morgan fingerprint density at radius 2 is 0.671 bits per heavy atom. The Bertz CT molecular complexity index is 3080. The highest BCUT2D eigenvalue weighted by atomic mass is 15.2. The lowest BCUT2D eigenvalue weighted by Gasteiger charge is -2.27. The van der Waals surface area contributed by atoms with E-state index >= 15 is 0 Å². The zero-order valence-corrected chi connectivity index (χ0v) is 49.3. The van der Waals surface area contributed by atoms with Gasteiger partial charge in [0.15, 0.2) is 0 Å². The molecule has 0 aliphatic carbocycles. The SMILES string of the molecule is CC(C)(C)c1cc(Cn2c(CN(Cc3nc4ccccc4n3Cc3cc(C(C)(C)C)cc(C(C)(C)C)c3)Cc3nc4ccccc4n3Cc3cc(C(C)(C)C)cc(C(C)(C)C)c3)nc3ccc#cc32)cc(C(C)(C)C)c1. The van der Waals surface area contributed by atoms with E-state index in [0.717, 1.165) is 50.6 Å². The van der Waals surface area contributed by atoms with Crippen LogP contribution in [0, 0.1) is 12.1 Å².